The van der Waals surface area contributed by atoms with Crippen LogP contribution in [0.1, 0.15) is 34.6 Å². The van der Waals surface area contributed by atoms with Crippen molar-refractivity contribution in [2.75, 3.05) is 18.6 Å². The highest BCUT2D eigenvalue weighted by molar-refractivity contribution is 6.06. The van der Waals surface area contributed by atoms with Crippen molar-refractivity contribution in [3.8, 4) is 11.5 Å². The molecule has 0 saturated heterocycles. The maximum Gasteiger partial charge on any atom is 0.336 e. The second-order valence-electron chi connectivity index (χ2n) is 8.95. The molecule has 2 heterocycles. The third-order valence-electron chi connectivity index (χ3n) is 6.41. The zero-order valence-corrected chi connectivity index (χ0v) is 20.0. The zero-order valence-electron chi connectivity index (χ0n) is 20.0. The third-order valence-corrected chi connectivity index (χ3v) is 6.41. The van der Waals surface area contributed by atoms with Crippen molar-refractivity contribution < 1.29 is 23.8 Å². The monoisotopic (exact) mass is 469 g/mol. The molecule has 178 valence electrons. The number of carbonyl (C=O) groups is 2. The number of esters is 1. The molecular weight excluding hydrogens is 442 g/mol. The zero-order chi connectivity index (χ0) is 24.5. The number of hydrogen-bond donors (Lipinski definition) is 0. The van der Waals surface area contributed by atoms with Crippen LogP contribution in [0.25, 0.3) is 0 Å². The van der Waals surface area contributed by atoms with E-state index in [2.05, 4.69) is 6.07 Å². The van der Waals surface area contributed by atoms with Crippen LogP contribution >= 0.6 is 0 Å². The van der Waals surface area contributed by atoms with Gasteiger partial charge >= 0.3 is 5.97 Å². The SMILES string of the molecule is COc1cc(C2CC(=O)N(c3cc(C)cc(C)c3)C3=C2C(=O)OC3)ccc1OCc1ccccc1. The summed E-state index contributed by atoms with van der Waals surface area (Å²) in [5.41, 5.74) is 5.88. The van der Waals surface area contributed by atoms with E-state index in [9.17, 15) is 9.59 Å². The first-order valence-electron chi connectivity index (χ1n) is 11.6. The number of benzene rings is 3. The fourth-order valence-electron chi connectivity index (χ4n) is 4.87. The number of carbonyl (C=O) groups excluding carboxylic acids is 2. The van der Waals surface area contributed by atoms with Gasteiger partial charge in [-0.3, -0.25) is 9.69 Å². The van der Waals surface area contributed by atoms with Gasteiger partial charge in [0.2, 0.25) is 5.91 Å². The number of anilines is 1. The Hall–Kier alpha value is -4.06. The van der Waals surface area contributed by atoms with Crippen molar-refractivity contribution in [2.45, 2.75) is 32.8 Å². The summed E-state index contributed by atoms with van der Waals surface area (Å²) < 4.78 is 17.0. The number of methoxy groups -OCH3 is 1. The molecule has 35 heavy (non-hydrogen) atoms. The molecule has 6 heteroatoms. The maximum absolute atomic E-state index is 13.4. The summed E-state index contributed by atoms with van der Waals surface area (Å²) in [5.74, 6) is 0.292. The molecule has 1 unspecified atom stereocenters. The molecule has 1 atom stereocenters. The van der Waals surface area contributed by atoms with Crippen molar-refractivity contribution in [3.63, 3.8) is 0 Å². The van der Waals surface area contributed by atoms with Gasteiger partial charge in [-0.25, -0.2) is 4.79 Å². The van der Waals surface area contributed by atoms with Crippen molar-refractivity contribution in [3.05, 3.63) is 100 Å². The second-order valence-corrected chi connectivity index (χ2v) is 8.95. The molecule has 3 aromatic rings. The van der Waals surface area contributed by atoms with Gasteiger partial charge in [-0.15, -0.1) is 0 Å². The van der Waals surface area contributed by atoms with Crippen LogP contribution in [0, 0.1) is 13.8 Å². The minimum absolute atomic E-state index is 0.0691. The van der Waals surface area contributed by atoms with Crippen LogP contribution in [-0.4, -0.2) is 25.6 Å². The van der Waals surface area contributed by atoms with Gasteiger partial charge < -0.3 is 14.2 Å². The highest BCUT2D eigenvalue weighted by Crippen LogP contribution is 2.44. The number of rotatable bonds is 6. The van der Waals surface area contributed by atoms with Gasteiger partial charge in [0, 0.05) is 18.0 Å². The van der Waals surface area contributed by atoms with E-state index in [-0.39, 0.29) is 24.9 Å². The Balaban J connectivity index is 1.48. The molecule has 0 aromatic heterocycles. The molecule has 0 aliphatic carbocycles. The summed E-state index contributed by atoms with van der Waals surface area (Å²) in [6, 6.07) is 21.4. The Bertz CT molecular complexity index is 1310. The summed E-state index contributed by atoms with van der Waals surface area (Å²) in [5, 5.41) is 0. The van der Waals surface area contributed by atoms with Crippen LogP contribution in [0.3, 0.4) is 0 Å². The maximum atomic E-state index is 13.4. The third kappa shape index (κ3) is 4.39. The van der Waals surface area contributed by atoms with Crippen LogP contribution < -0.4 is 14.4 Å². The number of amides is 1. The quantitative estimate of drug-likeness (QED) is 0.463. The Morgan fingerprint density at radius 1 is 0.943 bits per heavy atom. The standard InChI is InChI=1S/C29H27NO5/c1-18-11-19(2)13-22(12-18)30-24-17-35-29(32)28(24)23(15-27(30)31)21-9-10-25(26(14-21)33-3)34-16-20-7-5-4-6-8-20/h4-14,23H,15-17H2,1-3H3. The van der Waals surface area contributed by atoms with Gasteiger partial charge in [-0.05, 0) is 60.4 Å². The van der Waals surface area contributed by atoms with Gasteiger partial charge in [-0.2, -0.15) is 0 Å². The van der Waals surface area contributed by atoms with Gasteiger partial charge in [0.15, 0.2) is 11.5 Å². The number of nitrogens with zero attached hydrogens (tertiary/aromatic N) is 1. The van der Waals surface area contributed by atoms with Crippen molar-refractivity contribution in [1.82, 2.24) is 0 Å². The van der Waals surface area contributed by atoms with E-state index in [0.717, 1.165) is 27.9 Å². The topological polar surface area (TPSA) is 65.1 Å². The molecule has 0 fully saturated rings. The minimum Gasteiger partial charge on any atom is -0.493 e. The number of hydrogen-bond acceptors (Lipinski definition) is 5. The molecule has 0 radical (unpaired) electrons. The second kappa shape index (κ2) is 9.29. The average Bonchev–Trinajstić information content (AvgIpc) is 3.23. The van der Waals surface area contributed by atoms with Crippen LogP contribution in [-0.2, 0) is 20.9 Å². The number of ether oxygens (including phenoxy) is 3. The molecule has 2 aliphatic heterocycles. The summed E-state index contributed by atoms with van der Waals surface area (Å²) in [6.07, 6.45) is 0.161. The Kier molecular flexibility index (Phi) is 6.03. The lowest BCUT2D eigenvalue weighted by Crippen LogP contribution is -2.37. The van der Waals surface area contributed by atoms with E-state index >= 15 is 0 Å². The smallest absolute Gasteiger partial charge is 0.336 e. The van der Waals surface area contributed by atoms with Gasteiger partial charge in [-0.1, -0.05) is 42.5 Å². The Labute approximate surface area is 204 Å². The Morgan fingerprint density at radius 3 is 2.40 bits per heavy atom. The molecule has 3 aromatic carbocycles. The molecule has 6 nitrogen and oxygen atoms in total. The predicted molar refractivity (Wildman–Crippen MR) is 133 cm³/mol. The highest BCUT2D eigenvalue weighted by atomic mass is 16.5. The normalized spacial score (nSPS) is 17.3. The molecule has 0 saturated carbocycles. The first kappa shape index (κ1) is 22.7. The first-order valence-corrected chi connectivity index (χ1v) is 11.6. The van der Waals surface area contributed by atoms with Crippen molar-refractivity contribution in [1.29, 1.82) is 0 Å². The van der Waals surface area contributed by atoms with Crippen molar-refractivity contribution in [2.24, 2.45) is 0 Å². The van der Waals surface area contributed by atoms with Gasteiger partial charge in [0.1, 0.15) is 13.2 Å². The van der Waals surface area contributed by atoms with E-state index in [1.807, 2.05) is 74.5 Å². The predicted octanol–water partition coefficient (Wildman–Crippen LogP) is 5.22. The van der Waals surface area contributed by atoms with E-state index in [1.54, 1.807) is 12.0 Å². The summed E-state index contributed by atoms with van der Waals surface area (Å²) >= 11 is 0. The number of aryl methyl sites for hydroxylation is 2. The van der Waals surface area contributed by atoms with E-state index in [1.165, 1.54) is 0 Å². The summed E-state index contributed by atoms with van der Waals surface area (Å²) in [7, 11) is 1.58. The minimum atomic E-state index is -0.410. The molecule has 0 spiro atoms. The lowest BCUT2D eigenvalue weighted by molar-refractivity contribution is -0.136. The molecule has 0 bridgehead atoms. The Morgan fingerprint density at radius 2 is 1.69 bits per heavy atom. The van der Waals surface area contributed by atoms with E-state index in [4.69, 9.17) is 14.2 Å². The lowest BCUT2D eigenvalue weighted by atomic mass is 9.84. The van der Waals surface area contributed by atoms with Crippen LogP contribution in [0.5, 0.6) is 11.5 Å². The van der Waals surface area contributed by atoms with Crippen molar-refractivity contribution >= 4 is 17.6 Å². The first-order chi connectivity index (χ1) is 16.9. The molecular formula is C29H27NO5. The highest BCUT2D eigenvalue weighted by Gasteiger charge is 2.43. The molecule has 1 amide bonds. The molecule has 5 rings (SSSR count). The lowest BCUT2D eigenvalue weighted by Gasteiger charge is -2.32. The van der Waals surface area contributed by atoms with Crippen LogP contribution in [0.15, 0.2) is 78.0 Å². The van der Waals surface area contributed by atoms with Crippen LogP contribution in [0.4, 0.5) is 5.69 Å². The van der Waals surface area contributed by atoms with Gasteiger partial charge in [0.05, 0.1) is 18.4 Å². The largest absolute Gasteiger partial charge is 0.493 e. The molecule has 0 N–H and O–H groups in total. The average molecular weight is 470 g/mol. The van der Waals surface area contributed by atoms with E-state index < -0.39 is 5.92 Å². The summed E-state index contributed by atoms with van der Waals surface area (Å²) in [6.45, 7) is 4.48. The van der Waals surface area contributed by atoms with Gasteiger partial charge in [0.25, 0.3) is 0 Å². The fraction of sp³-hybridized carbons (Fsp3) is 0.241. The summed E-state index contributed by atoms with van der Waals surface area (Å²) in [4.78, 5) is 27.9. The molecule has 2 aliphatic rings. The fourth-order valence-corrected chi connectivity index (χ4v) is 4.87. The van der Waals surface area contributed by atoms with E-state index in [0.29, 0.717) is 29.4 Å². The number of cyclic esters (lactones) is 1. The van der Waals surface area contributed by atoms with Crippen LogP contribution in [0.2, 0.25) is 0 Å².